The molecule has 0 unspecified atom stereocenters. The number of rotatable bonds is 3. The van der Waals surface area contributed by atoms with Crippen molar-refractivity contribution in [2.75, 3.05) is 32.8 Å². The van der Waals surface area contributed by atoms with E-state index in [0.717, 1.165) is 34.1 Å². The van der Waals surface area contributed by atoms with Crippen LogP contribution < -0.4 is 9.47 Å². The van der Waals surface area contributed by atoms with E-state index in [4.69, 9.17) is 14.5 Å². The van der Waals surface area contributed by atoms with E-state index in [1.54, 1.807) is 0 Å². The molecule has 162 valence electrons. The zero-order chi connectivity index (χ0) is 21.9. The third-order valence-corrected chi connectivity index (χ3v) is 5.73. The molecular formula is C26H25N3O3. The molecule has 0 aliphatic carbocycles. The number of para-hydroxylation sites is 2. The third kappa shape index (κ3) is 4.17. The van der Waals surface area contributed by atoms with Gasteiger partial charge in [0, 0.05) is 26.2 Å². The maximum atomic E-state index is 12.6. The van der Waals surface area contributed by atoms with Gasteiger partial charge in [-0.3, -0.25) is 4.79 Å². The molecule has 5 rings (SSSR count). The summed E-state index contributed by atoms with van der Waals surface area (Å²) in [5.74, 6) is 3.15. The van der Waals surface area contributed by atoms with Gasteiger partial charge in [0.2, 0.25) is 0 Å². The van der Waals surface area contributed by atoms with Crippen LogP contribution in [0.25, 0.3) is 0 Å². The fourth-order valence-corrected chi connectivity index (χ4v) is 3.99. The summed E-state index contributed by atoms with van der Waals surface area (Å²) < 4.78 is 11.8. The van der Waals surface area contributed by atoms with Crippen molar-refractivity contribution in [1.82, 2.24) is 9.80 Å². The van der Waals surface area contributed by atoms with Crippen molar-refractivity contribution in [3.05, 3.63) is 83.9 Å². The summed E-state index contributed by atoms with van der Waals surface area (Å²) in [6.07, 6.45) is 0. The minimum Gasteiger partial charge on any atom is -0.484 e. The molecule has 2 aliphatic heterocycles. The summed E-state index contributed by atoms with van der Waals surface area (Å²) >= 11 is 0. The quantitative estimate of drug-likeness (QED) is 0.622. The van der Waals surface area contributed by atoms with Gasteiger partial charge in [0.1, 0.15) is 23.0 Å². The van der Waals surface area contributed by atoms with E-state index in [1.165, 1.54) is 0 Å². The summed E-state index contributed by atoms with van der Waals surface area (Å²) in [4.78, 5) is 21.7. The van der Waals surface area contributed by atoms with Gasteiger partial charge in [-0.2, -0.15) is 0 Å². The molecule has 1 saturated heterocycles. The van der Waals surface area contributed by atoms with Gasteiger partial charge in [-0.1, -0.05) is 36.4 Å². The van der Waals surface area contributed by atoms with Gasteiger partial charge in [-0.15, -0.1) is 0 Å². The molecule has 2 heterocycles. The molecule has 0 atom stereocenters. The number of piperazine rings is 1. The minimum atomic E-state index is 0.000799. The molecule has 3 aromatic rings. The molecule has 6 heteroatoms. The number of benzene rings is 3. The molecule has 1 fully saturated rings. The van der Waals surface area contributed by atoms with E-state index in [-0.39, 0.29) is 12.5 Å². The van der Waals surface area contributed by atoms with Gasteiger partial charge in [-0.05, 0) is 48.9 Å². The zero-order valence-electron chi connectivity index (χ0n) is 18.0. The van der Waals surface area contributed by atoms with Crippen LogP contribution in [-0.4, -0.2) is 54.3 Å². The second-order valence-electron chi connectivity index (χ2n) is 7.97. The number of aliphatic imine (C=N–C) groups is 1. The lowest BCUT2D eigenvalue weighted by Crippen LogP contribution is -2.51. The van der Waals surface area contributed by atoms with Crippen molar-refractivity contribution < 1.29 is 14.3 Å². The smallest absolute Gasteiger partial charge is 0.260 e. The minimum absolute atomic E-state index is 0.000799. The number of carbonyl (C=O) groups is 1. The second kappa shape index (κ2) is 8.75. The van der Waals surface area contributed by atoms with Crippen molar-refractivity contribution in [2.45, 2.75) is 6.92 Å². The average Bonchev–Trinajstić information content (AvgIpc) is 2.99. The molecular weight excluding hydrogens is 402 g/mol. The Bertz CT molecular complexity index is 1150. The van der Waals surface area contributed by atoms with Gasteiger partial charge < -0.3 is 19.3 Å². The number of hydrogen-bond acceptors (Lipinski definition) is 5. The predicted molar refractivity (Wildman–Crippen MR) is 124 cm³/mol. The molecule has 0 spiro atoms. The SMILES string of the molecule is Cc1ccc2c(c1)Oc1ccccc1C(N1CCN(C(=O)COc3ccccc3)CC1)=N2. The van der Waals surface area contributed by atoms with Crippen LogP contribution in [0.15, 0.2) is 77.8 Å². The summed E-state index contributed by atoms with van der Waals surface area (Å²) in [5.41, 5.74) is 2.91. The fraction of sp³-hybridized carbons (Fsp3) is 0.231. The Balaban J connectivity index is 1.31. The highest BCUT2D eigenvalue weighted by molar-refractivity contribution is 6.03. The van der Waals surface area contributed by atoms with Crippen molar-refractivity contribution in [3.63, 3.8) is 0 Å². The van der Waals surface area contributed by atoms with Crippen molar-refractivity contribution in [2.24, 2.45) is 4.99 Å². The number of amidine groups is 1. The summed E-state index contributed by atoms with van der Waals surface area (Å²) in [5, 5.41) is 0. The molecule has 2 aliphatic rings. The Morgan fingerprint density at radius 2 is 1.69 bits per heavy atom. The number of amides is 1. The lowest BCUT2D eigenvalue weighted by atomic mass is 10.1. The largest absolute Gasteiger partial charge is 0.484 e. The highest BCUT2D eigenvalue weighted by Gasteiger charge is 2.27. The third-order valence-electron chi connectivity index (χ3n) is 5.73. The highest BCUT2D eigenvalue weighted by atomic mass is 16.5. The number of hydrogen-bond donors (Lipinski definition) is 0. The lowest BCUT2D eigenvalue weighted by molar-refractivity contribution is -0.134. The monoisotopic (exact) mass is 427 g/mol. The van der Waals surface area contributed by atoms with Crippen LogP contribution in [0.5, 0.6) is 17.2 Å². The maximum Gasteiger partial charge on any atom is 0.260 e. The van der Waals surface area contributed by atoms with Gasteiger partial charge in [-0.25, -0.2) is 4.99 Å². The number of aryl methyl sites for hydroxylation is 1. The van der Waals surface area contributed by atoms with Crippen LogP contribution in [0, 0.1) is 6.92 Å². The zero-order valence-corrected chi connectivity index (χ0v) is 18.0. The number of fused-ring (bicyclic) bond motifs is 2. The molecule has 6 nitrogen and oxygen atoms in total. The average molecular weight is 428 g/mol. The van der Waals surface area contributed by atoms with Crippen molar-refractivity contribution >= 4 is 17.4 Å². The Kier molecular flexibility index (Phi) is 5.50. The second-order valence-corrected chi connectivity index (χ2v) is 7.97. The number of ether oxygens (including phenoxy) is 2. The van der Waals surface area contributed by atoms with E-state index in [9.17, 15) is 4.79 Å². The summed E-state index contributed by atoms with van der Waals surface area (Å²) in [6.45, 7) is 4.74. The molecule has 0 N–H and O–H groups in total. The van der Waals surface area contributed by atoms with E-state index in [0.29, 0.717) is 31.9 Å². The first kappa shape index (κ1) is 20.1. The summed E-state index contributed by atoms with van der Waals surface area (Å²) in [7, 11) is 0. The Hall–Kier alpha value is -3.80. The molecule has 0 saturated carbocycles. The predicted octanol–water partition coefficient (Wildman–Crippen LogP) is 4.40. The Morgan fingerprint density at radius 1 is 0.938 bits per heavy atom. The first-order valence-corrected chi connectivity index (χ1v) is 10.8. The van der Waals surface area contributed by atoms with E-state index in [1.807, 2.05) is 84.6 Å². The highest BCUT2D eigenvalue weighted by Crippen LogP contribution is 2.38. The van der Waals surface area contributed by atoms with E-state index >= 15 is 0 Å². The molecule has 0 bridgehead atoms. The Labute approximate surface area is 187 Å². The molecule has 3 aromatic carbocycles. The van der Waals surface area contributed by atoms with Crippen LogP contribution >= 0.6 is 0 Å². The van der Waals surface area contributed by atoms with Gasteiger partial charge >= 0.3 is 0 Å². The van der Waals surface area contributed by atoms with Gasteiger partial charge in [0.25, 0.3) is 5.91 Å². The van der Waals surface area contributed by atoms with Gasteiger partial charge in [0.15, 0.2) is 12.4 Å². The number of carbonyl (C=O) groups excluding carboxylic acids is 1. The van der Waals surface area contributed by atoms with E-state index < -0.39 is 0 Å². The van der Waals surface area contributed by atoms with Crippen LogP contribution in [0.1, 0.15) is 11.1 Å². The van der Waals surface area contributed by atoms with Gasteiger partial charge in [0.05, 0.1) is 5.56 Å². The molecule has 32 heavy (non-hydrogen) atoms. The van der Waals surface area contributed by atoms with Crippen LogP contribution in [0.2, 0.25) is 0 Å². The summed E-state index contributed by atoms with van der Waals surface area (Å²) in [6, 6.07) is 23.5. The first-order chi connectivity index (χ1) is 15.7. The van der Waals surface area contributed by atoms with Crippen molar-refractivity contribution in [3.8, 4) is 17.2 Å². The topological polar surface area (TPSA) is 54.4 Å². The van der Waals surface area contributed by atoms with Crippen molar-refractivity contribution in [1.29, 1.82) is 0 Å². The van der Waals surface area contributed by atoms with E-state index in [2.05, 4.69) is 4.90 Å². The lowest BCUT2D eigenvalue weighted by Gasteiger charge is -2.36. The standard InChI is InChI=1S/C26H25N3O3/c1-19-11-12-22-24(17-19)32-23-10-6-5-9-21(23)26(27-22)29-15-13-28(14-16-29)25(30)18-31-20-7-3-2-4-8-20/h2-12,17H,13-16,18H2,1H3. The normalized spacial score (nSPS) is 15.1. The van der Waals surface area contributed by atoms with Crippen LogP contribution in [0.3, 0.4) is 0 Å². The van der Waals surface area contributed by atoms with Crippen LogP contribution in [0.4, 0.5) is 5.69 Å². The number of nitrogens with zero attached hydrogens (tertiary/aromatic N) is 3. The molecule has 0 aromatic heterocycles. The molecule has 1 amide bonds. The fourth-order valence-electron chi connectivity index (χ4n) is 3.99. The molecule has 0 radical (unpaired) electrons. The maximum absolute atomic E-state index is 12.6. The first-order valence-electron chi connectivity index (χ1n) is 10.8. The Morgan fingerprint density at radius 3 is 2.50 bits per heavy atom. The van der Waals surface area contributed by atoms with Crippen LogP contribution in [-0.2, 0) is 4.79 Å².